The molecule has 0 amide bonds. The van der Waals surface area contributed by atoms with Gasteiger partial charge >= 0.3 is 5.97 Å². The first kappa shape index (κ1) is 23.1. The Balaban J connectivity index is 1.78. The lowest BCUT2D eigenvalue weighted by molar-refractivity contribution is -0.140. The number of benzene rings is 3. The van der Waals surface area contributed by atoms with Crippen molar-refractivity contribution in [3.8, 4) is 5.75 Å². The molecule has 0 heterocycles. The number of methoxy groups -OCH3 is 1. The zero-order valence-corrected chi connectivity index (χ0v) is 19.2. The summed E-state index contributed by atoms with van der Waals surface area (Å²) in [6.07, 6.45) is 0.303. The molecule has 5 nitrogen and oxygen atoms in total. The molecule has 3 aromatic rings. The van der Waals surface area contributed by atoms with E-state index in [0.29, 0.717) is 27.8 Å². The molecule has 0 unspecified atom stereocenters. The van der Waals surface area contributed by atoms with Gasteiger partial charge in [0, 0.05) is 29.6 Å². The Morgan fingerprint density at radius 2 is 1.71 bits per heavy atom. The number of Topliss-reactive ketones (excluding diaryl/α,β-unsaturated/α-hetero) is 1. The van der Waals surface area contributed by atoms with Gasteiger partial charge in [0.2, 0.25) is 5.78 Å². The summed E-state index contributed by atoms with van der Waals surface area (Å²) < 4.78 is 5.23. The van der Waals surface area contributed by atoms with E-state index in [1.165, 1.54) is 18.7 Å². The standard InChI is InChI=1S/C23H19Cl2NO4S/c1-14(27)30-26-22(9-10-31-19-7-8-20(24)21(25)13-19)23(28)17-4-3-16-12-18(29-2)6-5-15(16)11-17/h3-8,11-13H,9-10H2,1-2H3/b26-22+. The second-order valence-corrected chi connectivity index (χ2v) is 8.53. The quantitative estimate of drug-likeness (QED) is 0.123. The molecule has 0 spiro atoms. The number of ether oxygens (including phenoxy) is 1. The van der Waals surface area contributed by atoms with Gasteiger partial charge in [0.05, 0.1) is 17.2 Å². The number of ketones is 1. The minimum Gasteiger partial charge on any atom is -0.497 e. The molecular weight excluding hydrogens is 457 g/mol. The van der Waals surface area contributed by atoms with Crippen LogP contribution in [-0.4, -0.2) is 30.3 Å². The summed E-state index contributed by atoms with van der Waals surface area (Å²) in [7, 11) is 1.60. The Morgan fingerprint density at radius 1 is 0.968 bits per heavy atom. The third-order valence-electron chi connectivity index (χ3n) is 4.35. The Bertz CT molecular complexity index is 1160. The number of fused-ring (bicyclic) bond motifs is 1. The van der Waals surface area contributed by atoms with Crippen molar-refractivity contribution >= 4 is 63.2 Å². The third kappa shape index (κ3) is 6.23. The Morgan fingerprint density at radius 3 is 2.42 bits per heavy atom. The van der Waals surface area contributed by atoms with Crippen molar-refractivity contribution in [1.29, 1.82) is 0 Å². The van der Waals surface area contributed by atoms with E-state index < -0.39 is 5.97 Å². The number of halogens is 2. The van der Waals surface area contributed by atoms with Crippen molar-refractivity contribution in [2.24, 2.45) is 5.16 Å². The fourth-order valence-electron chi connectivity index (χ4n) is 2.81. The van der Waals surface area contributed by atoms with Crippen LogP contribution in [0.4, 0.5) is 0 Å². The van der Waals surface area contributed by atoms with Gasteiger partial charge in [0.15, 0.2) is 0 Å². The first-order valence-electron chi connectivity index (χ1n) is 9.32. The van der Waals surface area contributed by atoms with Crippen LogP contribution in [0.25, 0.3) is 10.8 Å². The van der Waals surface area contributed by atoms with Crippen molar-refractivity contribution in [3.63, 3.8) is 0 Å². The van der Waals surface area contributed by atoms with Crippen LogP contribution >= 0.6 is 35.0 Å². The van der Waals surface area contributed by atoms with Crippen LogP contribution in [0.3, 0.4) is 0 Å². The predicted octanol–water partition coefficient (Wildman–Crippen LogP) is 6.44. The molecule has 0 saturated carbocycles. The van der Waals surface area contributed by atoms with Crippen LogP contribution in [0.5, 0.6) is 5.75 Å². The first-order chi connectivity index (χ1) is 14.9. The van der Waals surface area contributed by atoms with Gasteiger partial charge < -0.3 is 9.57 Å². The van der Waals surface area contributed by atoms with Crippen molar-refractivity contribution in [2.75, 3.05) is 12.9 Å². The highest BCUT2D eigenvalue weighted by atomic mass is 35.5. The lowest BCUT2D eigenvalue weighted by Crippen LogP contribution is -2.16. The van der Waals surface area contributed by atoms with Crippen molar-refractivity contribution in [1.82, 2.24) is 0 Å². The van der Waals surface area contributed by atoms with Crippen molar-refractivity contribution in [3.05, 3.63) is 70.2 Å². The fourth-order valence-corrected chi connectivity index (χ4v) is 4.07. The number of oxime groups is 1. The lowest BCUT2D eigenvalue weighted by atomic mass is 10.0. The van der Waals surface area contributed by atoms with Gasteiger partial charge in [-0.05, 0) is 47.2 Å². The molecule has 0 saturated heterocycles. The minimum atomic E-state index is -0.590. The number of thioether (sulfide) groups is 1. The molecule has 3 aromatic carbocycles. The Hall–Kier alpha value is -2.54. The van der Waals surface area contributed by atoms with Gasteiger partial charge in [-0.25, -0.2) is 4.79 Å². The van der Waals surface area contributed by atoms with E-state index in [-0.39, 0.29) is 11.5 Å². The molecule has 0 aliphatic heterocycles. The van der Waals surface area contributed by atoms with E-state index in [1.807, 2.05) is 30.3 Å². The van der Waals surface area contributed by atoms with Gasteiger partial charge in [-0.1, -0.05) is 46.6 Å². The van der Waals surface area contributed by atoms with Crippen LogP contribution in [0.1, 0.15) is 23.7 Å². The normalized spacial score (nSPS) is 11.4. The van der Waals surface area contributed by atoms with Crippen LogP contribution in [0.2, 0.25) is 10.0 Å². The SMILES string of the molecule is COc1ccc2cc(C(=O)/C(CCSc3ccc(Cl)c(Cl)c3)=N/OC(C)=O)ccc2c1. The number of nitrogens with zero attached hydrogens (tertiary/aromatic N) is 1. The molecule has 8 heteroatoms. The second-order valence-electron chi connectivity index (χ2n) is 6.55. The average Bonchev–Trinajstić information content (AvgIpc) is 2.77. The number of carbonyl (C=O) groups is 2. The number of hydrogen-bond donors (Lipinski definition) is 0. The molecule has 0 aromatic heterocycles. The van der Waals surface area contributed by atoms with Crippen LogP contribution in [-0.2, 0) is 9.63 Å². The average molecular weight is 476 g/mol. The zero-order valence-electron chi connectivity index (χ0n) is 16.9. The minimum absolute atomic E-state index is 0.163. The smallest absolute Gasteiger partial charge is 0.331 e. The zero-order chi connectivity index (χ0) is 22.4. The van der Waals surface area contributed by atoms with E-state index in [1.54, 1.807) is 31.4 Å². The Kier molecular flexibility index (Phi) is 7.96. The highest BCUT2D eigenvalue weighted by Crippen LogP contribution is 2.28. The topological polar surface area (TPSA) is 65.0 Å². The maximum Gasteiger partial charge on any atom is 0.331 e. The predicted molar refractivity (Wildman–Crippen MR) is 126 cm³/mol. The van der Waals surface area contributed by atoms with E-state index in [0.717, 1.165) is 21.4 Å². The molecule has 160 valence electrons. The monoisotopic (exact) mass is 475 g/mol. The largest absolute Gasteiger partial charge is 0.497 e. The van der Waals surface area contributed by atoms with E-state index in [4.69, 9.17) is 32.8 Å². The first-order valence-corrected chi connectivity index (χ1v) is 11.1. The summed E-state index contributed by atoms with van der Waals surface area (Å²) in [5, 5.41) is 6.59. The molecule has 0 radical (unpaired) electrons. The van der Waals surface area contributed by atoms with E-state index in [9.17, 15) is 9.59 Å². The second kappa shape index (κ2) is 10.7. The summed E-state index contributed by atoms with van der Waals surface area (Å²) in [5.41, 5.74) is 0.624. The van der Waals surface area contributed by atoms with Gasteiger partial charge in [-0.15, -0.1) is 11.8 Å². The number of carbonyl (C=O) groups excluding carboxylic acids is 2. The van der Waals surface area contributed by atoms with E-state index in [2.05, 4.69) is 5.16 Å². The molecule has 0 aliphatic rings. The van der Waals surface area contributed by atoms with Crippen molar-refractivity contribution < 1.29 is 19.2 Å². The summed E-state index contributed by atoms with van der Waals surface area (Å²) >= 11 is 13.5. The third-order valence-corrected chi connectivity index (χ3v) is 6.09. The summed E-state index contributed by atoms with van der Waals surface area (Å²) in [5.74, 6) is 0.388. The molecule has 3 rings (SSSR count). The number of hydrogen-bond acceptors (Lipinski definition) is 6. The van der Waals surface area contributed by atoms with Gasteiger partial charge in [0.1, 0.15) is 11.5 Å². The molecule has 0 fully saturated rings. The lowest BCUT2D eigenvalue weighted by Gasteiger charge is -2.08. The summed E-state index contributed by atoms with van der Waals surface area (Å²) in [6.45, 7) is 1.24. The van der Waals surface area contributed by atoms with Crippen LogP contribution in [0, 0.1) is 0 Å². The highest BCUT2D eigenvalue weighted by molar-refractivity contribution is 7.99. The maximum absolute atomic E-state index is 13.1. The van der Waals surface area contributed by atoms with Crippen LogP contribution in [0.15, 0.2) is 64.6 Å². The Labute approximate surface area is 194 Å². The van der Waals surface area contributed by atoms with E-state index >= 15 is 0 Å². The molecular formula is C23H19Cl2NO4S. The summed E-state index contributed by atoms with van der Waals surface area (Å²) in [4.78, 5) is 30.0. The van der Waals surface area contributed by atoms with Gasteiger partial charge in [-0.2, -0.15) is 0 Å². The highest BCUT2D eigenvalue weighted by Gasteiger charge is 2.17. The molecule has 0 N–H and O–H groups in total. The fraction of sp³-hybridized carbons (Fsp3) is 0.174. The van der Waals surface area contributed by atoms with Gasteiger partial charge in [-0.3, -0.25) is 4.79 Å². The molecule has 0 bridgehead atoms. The molecule has 31 heavy (non-hydrogen) atoms. The molecule has 0 aliphatic carbocycles. The van der Waals surface area contributed by atoms with Gasteiger partial charge in [0.25, 0.3) is 0 Å². The number of rotatable bonds is 8. The molecule has 0 atom stereocenters. The van der Waals surface area contributed by atoms with Crippen molar-refractivity contribution in [2.45, 2.75) is 18.2 Å². The van der Waals surface area contributed by atoms with Crippen LogP contribution < -0.4 is 4.74 Å². The summed E-state index contributed by atoms with van der Waals surface area (Å²) in [6, 6.07) is 16.3. The maximum atomic E-state index is 13.1.